The molecule has 2 fully saturated rings. The molecule has 0 aliphatic heterocycles. The van der Waals surface area contributed by atoms with Crippen LogP contribution in [-0.4, -0.2) is 51.8 Å². The Morgan fingerprint density at radius 1 is 1.09 bits per heavy atom. The van der Waals surface area contributed by atoms with Crippen molar-refractivity contribution >= 4 is 17.7 Å². The zero-order chi connectivity index (χ0) is 25.9. The van der Waals surface area contributed by atoms with Crippen LogP contribution in [0.1, 0.15) is 73.6 Å². The fourth-order valence-electron chi connectivity index (χ4n) is 7.61. The zero-order valence-electron chi connectivity index (χ0n) is 21.8. The van der Waals surface area contributed by atoms with Crippen LogP contribution in [0.2, 0.25) is 0 Å². The third-order valence-corrected chi connectivity index (χ3v) is 9.33. The van der Waals surface area contributed by atoms with Crippen LogP contribution in [0.3, 0.4) is 0 Å². The van der Waals surface area contributed by atoms with Crippen molar-refractivity contribution in [3.63, 3.8) is 0 Å². The average molecular weight is 489 g/mol. The van der Waals surface area contributed by atoms with Crippen molar-refractivity contribution in [2.75, 3.05) is 6.61 Å². The molecule has 0 radical (unpaired) electrons. The van der Waals surface area contributed by atoms with Gasteiger partial charge in [-0.25, -0.2) is 0 Å². The van der Waals surface area contributed by atoms with Crippen molar-refractivity contribution in [2.24, 2.45) is 35.0 Å². The molecule has 8 atom stereocenters. The number of ketones is 1. The smallest absolute Gasteiger partial charge is 0.306 e. The second kappa shape index (κ2) is 8.84. The van der Waals surface area contributed by atoms with Crippen LogP contribution >= 0.6 is 0 Å². The first-order valence-electron chi connectivity index (χ1n) is 13.1. The minimum Gasteiger partial charge on any atom is -0.458 e. The maximum absolute atomic E-state index is 13.1. The van der Waals surface area contributed by atoms with Crippen molar-refractivity contribution in [2.45, 2.75) is 91.0 Å². The van der Waals surface area contributed by atoms with Crippen LogP contribution in [0, 0.1) is 35.0 Å². The zero-order valence-corrected chi connectivity index (χ0v) is 21.8. The van der Waals surface area contributed by atoms with Crippen LogP contribution < -0.4 is 0 Å². The summed E-state index contributed by atoms with van der Waals surface area (Å²) in [6.45, 7) is 11.2. The lowest BCUT2D eigenvalue weighted by Crippen LogP contribution is -2.63. The first kappa shape index (κ1) is 26.1. The number of ether oxygens (including phenoxy) is 2. The van der Waals surface area contributed by atoms with E-state index in [1.165, 1.54) is 0 Å². The standard InChI is InChI=1S/C28H40O7/c1-7-9-21(30)34-25-16(4)27(33)19-11-15(3)23(32)18(19)12-17(14-29)13-20(27)24-26(5,6)28(24,25)35-22(31)10-8-2/h11,13,16,18-20,24-25,29,33H,7-10,12,14H2,1-6H3/t16-,18?,19-,20+,24-,25-,27+,28-/m1/s1. The van der Waals surface area contributed by atoms with Gasteiger partial charge in [-0.2, -0.15) is 0 Å². The van der Waals surface area contributed by atoms with E-state index in [2.05, 4.69) is 0 Å². The Morgan fingerprint density at radius 3 is 2.31 bits per heavy atom. The predicted octanol–water partition coefficient (Wildman–Crippen LogP) is 3.52. The summed E-state index contributed by atoms with van der Waals surface area (Å²) in [5.74, 6) is -3.13. The van der Waals surface area contributed by atoms with E-state index in [-0.39, 0.29) is 43.1 Å². The lowest BCUT2D eigenvalue weighted by atomic mass is 9.60. The Bertz CT molecular complexity index is 978. The van der Waals surface area contributed by atoms with Gasteiger partial charge < -0.3 is 19.7 Å². The van der Waals surface area contributed by atoms with E-state index >= 15 is 0 Å². The summed E-state index contributed by atoms with van der Waals surface area (Å²) >= 11 is 0. The van der Waals surface area contributed by atoms with E-state index in [0.29, 0.717) is 30.4 Å². The molecule has 0 aromatic heterocycles. The summed E-state index contributed by atoms with van der Waals surface area (Å²) in [6, 6.07) is 0. The number of allylic oxidation sites excluding steroid dienone is 1. The van der Waals surface area contributed by atoms with Gasteiger partial charge in [-0.1, -0.05) is 46.8 Å². The molecule has 194 valence electrons. The number of carbonyl (C=O) groups is 3. The number of rotatable bonds is 7. The van der Waals surface area contributed by atoms with Crippen LogP contribution in [0.4, 0.5) is 0 Å². The number of hydrogen-bond donors (Lipinski definition) is 2. The van der Waals surface area contributed by atoms with Gasteiger partial charge in [-0.3, -0.25) is 14.4 Å². The van der Waals surface area contributed by atoms with E-state index in [0.717, 1.165) is 0 Å². The third kappa shape index (κ3) is 3.56. The highest BCUT2D eigenvalue weighted by Crippen LogP contribution is 2.77. The molecular formula is C28H40O7. The number of carbonyl (C=O) groups excluding carboxylic acids is 3. The third-order valence-electron chi connectivity index (χ3n) is 9.33. The number of hydrogen-bond acceptors (Lipinski definition) is 7. The maximum Gasteiger partial charge on any atom is 0.306 e. The van der Waals surface area contributed by atoms with E-state index in [4.69, 9.17) is 9.47 Å². The quantitative estimate of drug-likeness (QED) is 0.417. The molecular weight excluding hydrogens is 448 g/mol. The van der Waals surface area contributed by atoms with Gasteiger partial charge in [-0.05, 0) is 37.3 Å². The SMILES string of the molecule is CCCC(=O)O[C@@H]1[C@@H](C)[C@]2(O)[C@@H]3C=C(C)C(=O)C3CC(CO)=C[C@H]2[C@@H]2C(C)(C)[C@]12OC(=O)CCC. The summed E-state index contributed by atoms with van der Waals surface area (Å²) in [6.07, 6.45) is 5.03. The maximum atomic E-state index is 13.1. The van der Waals surface area contributed by atoms with E-state index in [9.17, 15) is 24.6 Å². The Kier molecular flexibility index (Phi) is 6.59. The molecule has 0 spiro atoms. The molecule has 4 aliphatic rings. The molecule has 0 aromatic carbocycles. The van der Waals surface area contributed by atoms with Crippen molar-refractivity contribution in [1.29, 1.82) is 0 Å². The molecule has 0 amide bonds. The molecule has 7 heteroatoms. The Balaban J connectivity index is 1.89. The van der Waals surface area contributed by atoms with Gasteiger partial charge in [0, 0.05) is 47.8 Å². The van der Waals surface area contributed by atoms with Gasteiger partial charge in [-0.15, -0.1) is 0 Å². The Labute approximate surface area is 207 Å². The molecule has 2 saturated carbocycles. The first-order chi connectivity index (χ1) is 16.4. The summed E-state index contributed by atoms with van der Waals surface area (Å²) in [5, 5.41) is 22.7. The van der Waals surface area contributed by atoms with Crippen LogP contribution in [0.5, 0.6) is 0 Å². The number of aliphatic hydroxyl groups is 2. The lowest BCUT2D eigenvalue weighted by Gasteiger charge is -2.52. The molecule has 1 unspecified atom stereocenters. The van der Waals surface area contributed by atoms with Gasteiger partial charge in [0.15, 0.2) is 11.4 Å². The lowest BCUT2D eigenvalue weighted by molar-refractivity contribution is -0.220. The summed E-state index contributed by atoms with van der Waals surface area (Å²) in [7, 11) is 0. The number of fused-ring (bicyclic) bond motifs is 5. The normalized spacial score (nSPS) is 41.0. The number of esters is 2. The van der Waals surface area contributed by atoms with Crippen LogP contribution in [0.25, 0.3) is 0 Å². The van der Waals surface area contributed by atoms with E-state index in [1.807, 2.05) is 46.8 Å². The second-order valence-electron chi connectivity index (χ2n) is 11.6. The topological polar surface area (TPSA) is 110 Å². The highest BCUT2D eigenvalue weighted by molar-refractivity contribution is 6.00. The van der Waals surface area contributed by atoms with Gasteiger partial charge in [0.1, 0.15) is 6.10 Å². The van der Waals surface area contributed by atoms with Gasteiger partial charge in [0.05, 0.1) is 12.2 Å². The summed E-state index contributed by atoms with van der Waals surface area (Å²) in [5.41, 5.74) is -1.76. The number of aliphatic hydroxyl groups excluding tert-OH is 1. The summed E-state index contributed by atoms with van der Waals surface area (Å²) in [4.78, 5) is 38.7. The van der Waals surface area contributed by atoms with E-state index < -0.39 is 46.4 Å². The first-order valence-corrected chi connectivity index (χ1v) is 13.1. The highest BCUT2D eigenvalue weighted by Gasteiger charge is 2.87. The molecule has 7 nitrogen and oxygen atoms in total. The summed E-state index contributed by atoms with van der Waals surface area (Å²) < 4.78 is 12.3. The minimum atomic E-state index is -1.41. The Hall–Kier alpha value is -1.99. The largest absolute Gasteiger partial charge is 0.458 e. The Morgan fingerprint density at radius 2 is 1.71 bits per heavy atom. The molecule has 0 saturated heterocycles. The molecule has 4 aliphatic carbocycles. The average Bonchev–Trinajstić information content (AvgIpc) is 3.18. The van der Waals surface area contributed by atoms with Gasteiger partial charge in [0.25, 0.3) is 0 Å². The predicted molar refractivity (Wildman–Crippen MR) is 129 cm³/mol. The van der Waals surface area contributed by atoms with Crippen molar-refractivity contribution in [3.8, 4) is 0 Å². The molecule has 2 N–H and O–H groups in total. The van der Waals surface area contributed by atoms with Gasteiger partial charge >= 0.3 is 11.9 Å². The molecule has 4 rings (SSSR count). The second-order valence-corrected chi connectivity index (χ2v) is 11.6. The highest BCUT2D eigenvalue weighted by atomic mass is 16.6. The van der Waals surface area contributed by atoms with Crippen molar-refractivity contribution in [3.05, 3.63) is 23.3 Å². The molecule has 0 heterocycles. The van der Waals surface area contributed by atoms with Gasteiger partial charge in [0.2, 0.25) is 0 Å². The van der Waals surface area contributed by atoms with Crippen LogP contribution in [-0.2, 0) is 23.9 Å². The molecule has 35 heavy (non-hydrogen) atoms. The minimum absolute atomic E-state index is 0.0172. The number of Topliss-reactive ketones (excluding diaryl/α,β-unsaturated/α-hetero) is 1. The van der Waals surface area contributed by atoms with Crippen molar-refractivity contribution in [1.82, 2.24) is 0 Å². The molecule has 0 bridgehead atoms. The molecule has 0 aromatic rings. The monoisotopic (exact) mass is 488 g/mol. The fraction of sp³-hybridized carbons (Fsp3) is 0.750. The fourth-order valence-corrected chi connectivity index (χ4v) is 7.61. The van der Waals surface area contributed by atoms with Crippen molar-refractivity contribution < 1.29 is 34.1 Å². The van der Waals surface area contributed by atoms with E-state index in [1.54, 1.807) is 6.92 Å². The van der Waals surface area contributed by atoms with Crippen LogP contribution in [0.15, 0.2) is 23.3 Å².